The zero-order chi connectivity index (χ0) is 26.5. The number of sulfonamides is 1. The molecule has 0 aliphatic carbocycles. The van der Waals surface area contributed by atoms with Gasteiger partial charge < -0.3 is 10.2 Å². The highest BCUT2D eigenvalue weighted by Crippen LogP contribution is 2.29. The van der Waals surface area contributed by atoms with E-state index in [0.29, 0.717) is 16.3 Å². The van der Waals surface area contributed by atoms with E-state index in [1.165, 1.54) is 24.1 Å². The van der Waals surface area contributed by atoms with Crippen molar-refractivity contribution in [2.45, 2.75) is 38.3 Å². The molecule has 36 heavy (non-hydrogen) atoms. The van der Waals surface area contributed by atoms with E-state index in [1.807, 2.05) is 31.2 Å². The third kappa shape index (κ3) is 6.06. The molecule has 0 saturated carbocycles. The number of benzene rings is 3. The van der Waals surface area contributed by atoms with E-state index in [2.05, 4.69) is 5.32 Å². The molecule has 7 nitrogen and oxygen atoms in total. The Balaban J connectivity index is 2.07. The molecule has 0 unspecified atom stereocenters. The van der Waals surface area contributed by atoms with Gasteiger partial charge in [0.1, 0.15) is 12.6 Å². The predicted octanol–water partition coefficient (Wildman–Crippen LogP) is 4.32. The van der Waals surface area contributed by atoms with Crippen LogP contribution in [0.15, 0.2) is 77.7 Å². The lowest BCUT2D eigenvalue weighted by Gasteiger charge is -2.32. The van der Waals surface area contributed by atoms with Crippen molar-refractivity contribution in [3.8, 4) is 0 Å². The van der Waals surface area contributed by atoms with Crippen molar-refractivity contribution in [1.29, 1.82) is 0 Å². The van der Waals surface area contributed by atoms with Gasteiger partial charge in [0, 0.05) is 18.6 Å². The molecule has 190 valence electrons. The average molecular weight is 528 g/mol. The molecule has 0 saturated heterocycles. The molecule has 0 bridgehead atoms. The Morgan fingerprint density at radius 1 is 0.944 bits per heavy atom. The van der Waals surface area contributed by atoms with Crippen LogP contribution in [-0.2, 0) is 26.2 Å². The van der Waals surface area contributed by atoms with Crippen LogP contribution in [0.2, 0.25) is 5.02 Å². The maximum Gasteiger partial charge on any atom is 0.264 e. The molecule has 0 aromatic heterocycles. The molecular weight excluding hydrogens is 498 g/mol. The molecule has 2 amide bonds. The van der Waals surface area contributed by atoms with E-state index in [9.17, 15) is 18.0 Å². The maximum atomic E-state index is 13.8. The molecule has 3 rings (SSSR count). The van der Waals surface area contributed by atoms with Crippen LogP contribution in [-0.4, -0.2) is 44.8 Å². The minimum absolute atomic E-state index is 0.0527. The summed E-state index contributed by atoms with van der Waals surface area (Å²) >= 11 is 6.12. The van der Waals surface area contributed by atoms with Crippen LogP contribution in [0.1, 0.15) is 23.6 Å². The molecule has 0 spiro atoms. The summed E-state index contributed by atoms with van der Waals surface area (Å²) in [5.74, 6) is -0.861. The molecule has 0 radical (unpaired) electrons. The quantitative estimate of drug-likeness (QED) is 0.449. The largest absolute Gasteiger partial charge is 0.357 e. The lowest BCUT2D eigenvalue weighted by molar-refractivity contribution is -0.139. The molecule has 0 heterocycles. The summed E-state index contributed by atoms with van der Waals surface area (Å²) in [6, 6.07) is 19.5. The number of carbonyl (C=O) groups excluding carboxylic acids is 2. The van der Waals surface area contributed by atoms with Gasteiger partial charge in [0.05, 0.1) is 10.6 Å². The number of carbonyl (C=O) groups is 2. The molecule has 0 aliphatic rings. The number of rotatable bonds is 9. The van der Waals surface area contributed by atoms with Crippen molar-refractivity contribution in [2.75, 3.05) is 17.9 Å². The Kier molecular flexibility index (Phi) is 8.76. The molecule has 9 heteroatoms. The minimum atomic E-state index is -4.11. The summed E-state index contributed by atoms with van der Waals surface area (Å²) in [7, 11) is -2.61. The fourth-order valence-electron chi connectivity index (χ4n) is 3.89. The van der Waals surface area contributed by atoms with Crippen molar-refractivity contribution in [2.24, 2.45) is 0 Å². The monoisotopic (exact) mass is 527 g/mol. The number of anilines is 1. The van der Waals surface area contributed by atoms with E-state index >= 15 is 0 Å². The van der Waals surface area contributed by atoms with Crippen molar-refractivity contribution < 1.29 is 18.0 Å². The van der Waals surface area contributed by atoms with E-state index in [0.717, 1.165) is 15.4 Å². The predicted molar refractivity (Wildman–Crippen MR) is 142 cm³/mol. The summed E-state index contributed by atoms with van der Waals surface area (Å²) in [5.41, 5.74) is 2.75. The summed E-state index contributed by atoms with van der Waals surface area (Å²) < 4.78 is 28.6. The fraction of sp³-hybridized carbons (Fsp3) is 0.259. The number of hydrogen-bond donors (Lipinski definition) is 1. The normalized spacial score (nSPS) is 12.0. The van der Waals surface area contributed by atoms with E-state index in [1.54, 1.807) is 50.2 Å². The topological polar surface area (TPSA) is 86.8 Å². The van der Waals surface area contributed by atoms with Gasteiger partial charge in [-0.3, -0.25) is 13.9 Å². The highest BCUT2D eigenvalue weighted by Gasteiger charge is 2.33. The van der Waals surface area contributed by atoms with E-state index in [-0.39, 0.29) is 17.3 Å². The van der Waals surface area contributed by atoms with Gasteiger partial charge in [-0.25, -0.2) is 8.42 Å². The summed E-state index contributed by atoms with van der Waals surface area (Å²) in [4.78, 5) is 27.8. The van der Waals surface area contributed by atoms with Gasteiger partial charge >= 0.3 is 0 Å². The number of hydrogen-bond acceptors (Lipinski definition) is 4. The Bertz CT molecular complexity index is 1350. The molecule has 1 atom stereocenters. The maximum absolute atomic E-state index is 13.8. The number of aryl methyl sites for hydroxylation is 2. The number of nitrogens with zero attached hydrogens (tertiary/aromatic N) is 2. The number of amides is 2. The van der Waals surface area contributed by atoms with Crippen molar-refractivity contribution in [1.82, 2.24) is 10.2 Å². The Labute approximate surface area is 217 Å². The van der Waals surface area contributed by atoms with Gasteiger partial charge in [0.25, 0.3) is 10.0 Å². The van der Waals surface area contributed by atoms with E-state index in [4.69, 9.17) is 11.6 Å². The highest BCUT2D eigenvalue weighted by molar-refractivity contribution is 7.92. The SMILES string of the molecule is CNC(=O)[C@H](C)N(Cc1ccccc1C)C(=O)CN(c1ccc(Cl)cc1C)S(=O)(=O)c1ccccc1. The zero-order valence-electron chi connectivity index (χ0n) is 20.7. The third-order valence-electron chi connectivity index (χ3n) is 6.05. The molecule has 0 aliphatic heterocycles. The Hall–Kier alpha value is -3.36. The standard InChI is InChI=1S/C27H30ClN3O4S/c1-19-10-8-9-11-22(19)17-30(21(3)27(33)29-4)26(32)18-31(25-15-14-23(28)16-20(25)2)36(34,35)24-12-6-5-7-13-24/h5-16,21H,17-18H2,1-4H3,(H,29,33)/t21-/m0/s1. The van der Waals surface area contributed by atoms with Gasteiger partial charge in [0.2, 0.25) is 11.8 Å². The first-order chi connectivity index (χ1) is 17.1. The first-order valence-electron chi connectivity index (χ1n) is 11.5. The van der Waals surface area contributed by atoms with Gasteiger partial charge in [-0.2, -0.15) is 0 Å². The zero-order valence-corrected chi connectivity index (χ0v) is 22.3. The number of likely N-dealkylation sites (N-methyl/N-ethyl adjacent to an activating group) is 1. The lowest BCUT2D eigenvalue weighted by Crippen LogP contribution is -2.50. The second-order valence-corrected chi connectivity index (χ2v) is 10.8. The second-order valence-electron chi connectivity index (χ2n) is 8.49. The second kappa shape index (κ2) is 11.6. The van der Waals surface area contributed by atoms with Crippen LogP contribution in [0.3, 0.4) is 0 Å². The van der Waals surface area contributed by atoms with Crippen molar-refractivity contribution >= 4 is 39.1 Å². The molecule has 1 N–H and O–H groups in total. The molecule has 0 fully saturated rings. The minimum Gasteiger partial charge on any atom is -0.357 e. The van der Waals surface area contributed by atoms with Gasteiger partial charge in [-0.05, 0) is 67.8 Å². The smallest absolute Gasteiger partial charge is 0.264 e. The van der Waals surface area contributed by atoms with Crippen LogP contribution in [0.25, 0.3) is 0 Å². The molecular formula is C27H30ClN3O4S. The number of nitrogens with one attached hydrogen (secondary N) is 1. The van der Waals surface area contributed by atoms with E-state index < -0.39 is 28.5 Å². The molecule has 3 aromatic carbocycles. The molecule has 3 aromatic rings. The van der Waals surface area contributed by atoms with Crippen LogP contribution in [0.4, 0.5) is 5.69 Å². The van der Waals surface area contributed by atoms with Crippen LogP contribution in [0, 0.1) is 13.8 Å². The summed E-state index contributed by atoms with van der Waals surface area (Å²) in [6.07, 6.45) is 0. The van der Waals surface area contributed by atoms with Crippen molar-refractivity contribution in [3.63, 3.8) is 0 Å². The number of halogens is 1. The summed E-state index contributed by atoms with van der Waals surface area (Å²) in [6.45, 7) is 4.94. The van der Waals surface area contributed by atoms with Gasteiger partial charge in [-0.1, -0.05) is 54.1 Å². The third-order valence-corrected chi connectivity index (χ3v) is 8.06. The van der Waals surface area contributed by atoms with Crippen LogP contribution >= 0.6 is 11.6 Å². The highest BCUT2D eigenvalue weighted by atomic mass is 35.5. The Morgan fingerprint density at radius 2 is 1.58 bits per heavy atom. The first-order valence-corrected chi connectivity index (χ1v) is 13.3. The van der Waals surface area contributed by atoms with Crippen molar-refractivity contribution in [3.05, 3.63) is 94.5 Å². The lowest BCUT2D eigenvalue weighted by atomic mass is 10.1. The first kappa shape index (κ1) is 27.2. The van der Waals surface area contributed by atoms with Crippen LogP contribution in [0.5, 0.6) is 0 Å². The van der Waals surface area contributed by atoms with Crippen LogP contribution < -0.4 is 9.62 Å². The average Bonchev–Trinajstić information content (AvgIpc) is 2.86. The van der Waals surface area contributed by atoms with Gasteiger partial charge in [0.15, 0.2) is 0 Å². The Morgan fingerprint density at radius 3 is 2.19 bits per heavy atom. The fourth-order valence-corrected chi connectivity index (χ4v) is 5.62. The summed E-state index contributed by atoms with van der Waals surface area (Å²) in [5, 5.41) is 3.03. The van der Waals surface area contributed by atoms with Gasteiger partial charge in [-0.15, -0.1) is 0 Å².